The minimum Gasteiger partial charge on any atom is -0.312 e. The SMILES string of the molecule is CCCNC(CC)C(C)N(C)C1CCN(C)CC1. The zero-order valence-corrected chi connectivity index (χ0v) is 13.1. The van der Waals surface area contributed by atoms with E-state index < -0.39 is 0 Å². The molecule has 0 saturated carbocycles. The van der Waals surface area contributed by atoms with Crippen molar-refractivity contribution >= 4 is 0 Å². The van der Waals surface area contributed by atoms with Crippen molar-refractivity contribution in [2.24, 2.45) is 0 Å². The molecule has 1 heterocycles. The lowest BCUT2D eigenvalue weighted by Gasteiger charge is -2.41. The maximum absolute atomic E-state index is 3.70. The topological polar surface area (TPSA) is 18.5 Å². The smallest absolute Gasteiger partial charge is 0.0220 e. The van der Waals surface area contributed by atoms with Gasteiger partial charge in [0.05, 0.1) is 0 Å². The summed E-state index contributed by atoms with van der Waals surface area (Å²) in [6.07, 6.45) is 5.09. The standard InChI is InChI=1S/C15H33N3/c1-6-10-16-15(7-2)13(3)18(5)14-8-11-17(4)12-9-14/h13-16H,6-12H2,1-5H3. The van der Waals surface area contributed by atoms with E-state index in [9.17, 15) is 0 Å². The fraction of sp³-hybridized carbons (Fsp3) is 1.00. The second-order valence-electron chi connectivity index (χ2n) is 5.91. The number of hydrogen-bond donors (Lipinski definition) is 1. The quantitative estimate of drug-likeness (QED) is 0.752. The molecule has 2 unspecified atom stereocenters. The van der Waals surface area contributed by atoms with E-state index in [-0.39, 0.29) is 0 Å². The van der Waals surface area contributed by atoms with Crippen molar-refractivity contribution in [2.45, 2.75) is 64.6 Å². The summed E-state index contributed by atoms with van der Waals surface area (Å²) in [5, 5.41) is 3.70. The van der Waals surface area contributed by atoms with Gasteiger partial charge in [-0.2, -0.15) is 0 Å². The molecule has 1 aliphatic heterocycles. The normalized spacial score (nSPS) is 22.3. The summed E-state index contributed by atoms with van der Waals surface area (Å²) in [5.74, 6) is 0. The largest absolute Gasteiger partial charge is 0.312 e. The molecule has 18 heavy (non-hydrogen) atoms. The van der Waals surface area contributed by atoms with Gasteiger partial charge in [0.2, 0.25) is 0 Å². The number of rotatable bonds is 7. The molecule has 0 bridgehead atoms. The molecule has 3 nitrogen and oxygen atoms in total. The van der Waals surface area contributed by atoms with Crippen molar-refractivity contribution in [3.63, 3.8) is 0 Å². The van der Waals surface area contributed by atoms with Gasteiger partial charge in [0.25, 0.3) is 0 Å². The first-order chi connectivity index (χ1) is 8.60. The van der Waals surface area contributed by atoms with Crippen molar-refractivity contribution in [3.05, 3.63) is 0 Å². The molecule has 1 fully saturated rings. The first-order valence-electron chi connectivity index (χ1n) is 7.74. The van der Waals surface area contributed by atoms with Crippen molar-refractivity contribution < 1.29 is 0 Å². The van der Waals surface area contributed by atoms with Crippen LogP contribution in [-0.4, -0.2) is 61.7 Å². The number of likely N-dealkylation sites (N-methyl/N-ethyl adjacent to an activating group) is 1. The first-order valence-corrected chi connectivity index (χ1v) is 7.74. The van der Waals surface area contributed by atoms with Crippen LogP contribution in [0.2, 0.25) is 0 Å². The lowest BCUT2D eigenvalue weighted by molar-refractivity contribution is 0.0945. The van der Waals surface area contributed by atoms with Crippen molar-refractivity contribution in [3.8, 4) is 0 Å². The molecular formula is C15H33N3. The molecule has 0 amide bonds. The van der Waals surface area contributed by atoms with Crippen molar-refractivity contribution in [1.29, 1.82) is 0 Å². The minimum absolute atomic E-state index is 0.634. The minimum atomic E-state index is 0.634. The van der Waals surface area contributed by atoms with E-state index >= 15 is 0 Å². The number of piperidine rings is 1. The summed E-state index contributed by atoms with van der Waals surface area (Å²) in [7, 11) is 4.55. The molecule has 1 rings (SSSR count). The molecule has 108 valence electrons. The van der Waals surface area contributed by atoms with E-state index in [2.05, 4.69) is 50.0 Å². The Morgan fingerprint density at radius 1 is 1.28 bits per heavy atom. The van der Waals surface area contributed by atoms with Gasteiger partial charge in [-0.15, -0.1) is 0 Å². The summed E-state index contributed by atoms with van der Waals surface area (Å²) < 4.78 is 0. The van der Waals surface area contributed by atoms with Gasteiger partial charge in [-0.3, -0.25) is 4.90 Å². The van der Waals surface area contributed by atoms with Crippen LogP contribution in [0.4, 0.5) is 0 Å². The average Bonchev–Trinajstić information content (AvgIpc) is 2.39. The van der Waals surface area contributed by atoms with Gasteiger partial charge in [-0.25, -0.2) is 0 Å². The molecule has 1 saturated heterocycles. The Balaban J connectivity index is 2.45. The predicted molar refractivity (Wildman–Crippen MR) is 80.1 cm³/mol. The number of nitrogens with zero attached hydrogens (tertiary/aromatic N) is 2. The second-order valence-corrected chi connectivity index (χ2v) is 5.91. The van der Waals surface area contributed by atoms with Gasteiger partial charge < -0.3 is 10.2 Å². The maximum atomic E-state index is 3.70. The number of hydrogen-bond acceptors (Lipinski definition) is 3. The fourth-order valence-corrected chi connectivity index (χ4v) is 3.00. The van der Waals surface area contributed by atoms with E-state index in [4.69, 9.17) is 0 Å². The Labute approximate surface area is 114 Å². The molecule has 1 N–H and O–H groups in total. The van der Waals surface area contributed by atoms with Gasteiger partial charge in [-0.1, -0.05) is 13.8 Å². The summed E-state index contributed by atoms with van der Waals surface area (Å²) >= 11 is 0. The first kappa shape index (κ1) is 15.9. The van der Waals surface area contributed by atoms with E-state index in [0.717, 1.165) is 12.6 Å². The van der Waals surface area contributed by atoms with Crippen LogP contribution in [0, 0.1) is 0 Å². The second kappa shape index (κ2) is 8.13. The zero-order chi connectivity index (χ0) is 13.5. The predicted octanol–water partition coefficient (Wildman–Crippen LogP) is 2.18. The van der Waals surface area contributed by atoms with Gasteiger partial charge in [0.1, 0.15) is 0 Å². The maximum Gasteiger partial charge on any atom is 0.0220 e. The van der Waals surface area contributed by atoms with Crippen LogP contribution in [-0.2, 0) is 0 Å². The zero-order valence-electron chi connectivity index (χ0n) is 13.1. The Kier molecular flexibility index (Phi) is 7.20. The van der Waals surface area contributed by atoms with Crippen LogP contribution in [0.15, 0.2) is 0 Å². The highest BCUT2D eigenvalue weighted by atomic mass is 15.2. The van der Waals surface area contributed by atoms with Crippen LogP contribution in [0.1, 0.15) is 46.5 Å². The molecule has 0 aromatic heterocycles. The highest BCUT2D eigenvalue weighted by Gasteiger charge is 2.27. The third-order valence-electron chi connectivity index (χ3n) is 4.59. The van der Waals surface area contributed by atoms with E-state index in [1.807, 2.05) is 0 Å². The Bertz CT molecular complexity index is 203. The molecule has 3 heteroatoms. The van der Waals surface area contributed by atoms with Crippen molar-refractivity contribution in [2.75, 3.05) is 33.7 Å². The summed E-state index contributed by atoms with van der Waals surface area (Å²) in [6, 6.07) is 2.04. The molecule has 0 aromatic rings. The molecule has 0 aliphatic carbocycles. The fourth-order valence-electron chi connectivity index (χ4n) is 3.00. The molecular weight excluding hydrogens is 222 g/mol. The molecule has 0 radical (unpaired) electrons. The third kappa shape index (κ3) is 4.52. The lowest BCUT2D eigenvalue weighted by Crippen LogP contribution is -2.52. The lowest BCUT2D eigenvalue weighted by atomic mass is 9.99. The van der Waals surface area contributed by atoms with Crippen LogP contribution < -0.4 is 5.32 Å². The molecule has 2 atom stereocenters. The van der Waals surface area contributed by atoms with Gasteiger partial charge in [0, 0.05) is 18.1 Å². The summed E-state index contributed by atoms with van der Waals surface area (Å²) in [4.78, 5) is 5.06. The van der Waals surface area contributed by atoms with E-state index in [1.165, 1.54) is 38.8 Å². The number of likely N-dealkylation sites (tertiary alicyclic amines) is 1. The van der Waals surface area contributed by atoms with Crippen LogP contribution in [0.3, 0.4) is 0 Å². The van der Waals surface area contributed by atoms with E-state index in [0.29, 0.717) is 12.1 Å². The van der Waals surface area contributed by atoms with Crippen LogP contribution in [0.25, 0.3) is 0 Å². The Morgan fingerprint density at radius 2 is 1.89 bits per heavy atom. The summed E-state index contributed by atoms with van der Waals surface area (Å²) in [6.45, 7) is 10.6. The van der Waals surface area contributed by atoms with Crippen LogP contribution in [0.5, 0.6) is 0 Å². The van der Waals surface area contributed by atoms with Gasteiger partial charge in [-0.05, 0) is 66.3 Å². The van der Waals surface area contributed by atoms with Crippen molar-refractivity contribution in [1.82, 2.24) is 15.1 Å². The highest BCUT2D eigenvalue weighted by Crippen LogP contribution is 2.18. The Hall–Kier alpha value is -0.120. The van der Waals surface area contributed by atoms with Gasteiger partial charge in [0.15, 0.2) is 0 Å². The Morgan fingerprint density at radius 3 is 2.39 bits per heavy atom. The molecule has 1 aliphatic rings. The van der Waals surface area contributed by atoms with Gasteiger partial charge >= 0.3 is 0 Å². The monoisotopic (exact) mass is 255 g/mol. The molecule has 0 spiro atoms. The molecule has 0 aromatic carbocycles. The number of nitrogens with one attached hydrogen (secondary N) is 1. The highest BCUT2D eigenvalue weighted by molar-refractivity contribution is 4.85. The van der Waals surface area contributed by atoms with E-state index in [1.54, 1.807) is 0 Å². The summed E-state index contributed by atoms with van der Waals surface area (Å²) in [5.41, 5.74) is 0. The van der Waals surface area contributed by atoms with Crippen LogP contribution >= 0.6 is 0 Å². The average molecular weight is 255 g/mol. The third-order valence-corrected chi connectivity index (χ3v) is 4.59.